The van der Waals surface area contributed by atoms with Crippen molar-refractivity contribution in [3.8, 4) is 0 Å². The van der Waals surface area contributed by atoms with Gasteiger partial charge in [-0.3, -0.25) is 10.3 Å². The largest absolute Gasteiger partial charge is 0.317 e. The predicted octanol–water partition coefficient (Wildman–Crippen LogP) is 2.33. The van der Waals surface area contributed by atoms with Crippen molar-refractivity contribution >= 4 is 0 Å². The molecule has 1 aliphatic rings. The summed E-state index contributed by atoms with van der Waals surface area (Å²) in [6, 6.07) is 1.07. The molecule has 0 fully saturated rings. The van der Waals surface area contributed by atoms with E-state index in [-0.39, 0.29) is 0 Å². The third-order valence-electron chi connectivity index (χ3n) is 3.92. The molecule has 3 N–H and O–H groups in total. The molecule has 0 bridgehead atoms. The van der Waals surface area contributed by atoms with E-state index in [0.29, 0.717) is 12.1 Å². The highest BCUT2D eigenvalue weighted by molar-refractivity contribution is 5.21. The van der Waals surface area contributed by atoms with Crippen LogP contribution in [0.4, 0.5) is 0 Å². The smallest absolute Gasteiger partial charge is 0.0743 e. The summed E-state index contributed by atoms with van der Waals surface area (Å²) in [5, 5.41) is 6.75. The number of nitrogens with one attached hydrogen (secondary N) is 3. The minimum Gasteiger partial charge on any atom is -0.317 e. The molecule has 0 saturated carbocycles. The first-order chi connectivity index (χ1) is 9.22. The first-order valence-electron chi connectivity index (χ1n) is 7.67. The fourth-order valence-corrected chi connectivity index (χ4v) is 2.54. The Morgan fingerprint density at radius 2 is 2.16 bits per heavy atom. The van der Waals surface area contributed by atoms with E-state index in [1.165, 1.54) is 30.5 Å². The van der Waals surface area contributed by atoms with Crippen molar-refractivity contribution in [3.05, 3.63) is 11.3 Å². The van der Waals surface area contributed by atoms with E-state index in [4.69, 9.17) is 4.84 Å². The fourth-order valence-electron chi connectivity index (χ4n) is 2.54. The van der Waals surface area contributed by atoms with Crippen LogP contribution in [0.25, 0.3) is 0 Å². The molecule has 1 rings (SSSR count). The molecule has 0 radical (unpaired) electrons. The Kier molecular flexibility index (Phi) is 8.10. The highest BCUT2D eigenvalue weighted by atomic mass is 16.6. The SMILES string of the molecule is CCCONC1=C(CCC(C)NC)C(NC)CCC1. The van der Waals surface area contributed by atoms with Crippen LogP contribution in [0, 0.1) is 0 Å². The van der Waals surface area contributed by atoms with Crippen molar-refractivity contribution < 1.29 is 4.84 Å². The van der Waals surface area contributed by atoms with E-state index in [2.05, 4.69) is 37.0 Å². The normalized spacial score (nSPS) is 21.6. The standard InChI is InChI=1S/C15H31N3O/c1-5-11-19-18-15-8-6-7-14(17-4)13(15)10-9-12(2)16-3/h12,14,16-18H,5-11H2,1-4H3. The molecule has 0 spiro atoms. The highest BCUT2D eigenvalue weighted by Gasteiger charge is 2.22. The molecule has 112 valence electrons. The van der Waals surface area contributed by atoms with Gasteiger partial charge in [-0.25, -0.2) is 0 Å². The Morgan fingerprint density at radius 3 is 2.79 bits per heavy atom. The summed E-state index contributed by atoms with van der Waals surface area (Å²) >= 11 is 0. The molecule has 0 aromatic rings. The maximum absolute atomic E-state index is 5.53. The average Bonchev–Trinajstić information content (AvgIpc) is 2.45. The third-order valence-corrected chi connectivity index (χ3v) is 3.92. The van der Waals surface area contributed by atoms with Gasteiger partial charge in [0.1, 0.15) is 0 Å². The van der Waals surface area contributed by atoms with Gasteiger partial charge in [0.05, 0.1) is 6.61 Å². The number of hydrogen-bond acceptors (Lipinski definition) is 4. The average molecular weight is 269 g/mol. The van der Waals surface area contributed by atoms with E-state index < -0.39 is 0 Å². The minimum atomic E-state index is 0.505. The number of likely N-dealkylation sites (N-methyl/N-ethyl adjacent to an activating group) is 1. The first kappa shape index (κ1) is 16.5. The first-order valence-corrected chi connectivity index (χ1v) is 7.67. The summed E-state index contributed by atoms with van der Waals surface area (Å²) in [5.41, 5.74) is 6.01. The maximum Gasteiger partial charge on any atom is 0.0743 e. The zero-order valence-corrected chi connectivity index (χ0v) is 13.0. The zero-order valence-electron chi connectivity index (χ0n) is 13.0. The van der Waals surface area contributed by atoms with Crippen LogP contribution in [0.2, 0.25) is 0 Å². The van der Waals surface area contributed by atoms with Crippen LogP contribution in [0.15, 0.2) is 11.3 Å². The summed E-state index contributed by atoms with van der Waals surface area (Å²) in [7, 11) is 4.08. The van der Waals surface area contributed by atoms with E-state index >= 15 is 0 Å². The summed E-state index contributed by atoms with van der Waals surface area (Å²) in [6.45, 7) is 5.13. The van der Waals surface area contributed by atoms with Gasteiger partial charge in [-0.05, 0) is 65.1 Å². The number of hydrogen-bond donors (Lipinski definition) is 3. The quantitative estimate of drug-likeness (QED) is 0.444. The van der Waals surface area contributed by atoms with Gasteiger partial charge in [-0.15, -0.1) is 0 Å². The molecule has 0 saturated heterocycles. The van der Waals surface area contributed by atoms with Gasteiger partial charge in [0, 0.05) is 17.8 Å². The molecule has 2 unspecified atom stereocenters. The molecule has 0 aromatic heterocycles. The van der Waals surface area contributed by atoms with Gasteiger partial charge in [0.2, 0.25) is 0 Å². The van der Waals surface area contributed by atoms with Gasteiger partial charge in [-0.1, -0.05) is 6.92 Å². The predicted molar refractivity (Wildman–Crippen MR) is 80.9 cm³/mol. The highest BCUT2D eigenvalue weighted by Crippen LogP contribution is 2.27. The third kappa shape index (κ3) is 5.51. The topological polar surface area (TPSA) is 45.3 Å². The molecule has 0 aliphatic heterocycles. The summed E-state index contributed by atoms with van der Waals surface area (Å²) in [5.74, 6) is 0. The molecule has 4 heteroatoms. The molecule has 0 heterocycles. The molecule has 4 nitrogen and oxygen atoms in total. The monoisotopic (exact) mass is 269 g/mol. The van der Waals surface area contributed by atoms with Crippen LogP contribution in [-0.4, -0.2) is 32.8 Å². The lowest BCUT2D eigenvalue weighted by molar-refractivity contribution is 0.0580. The van der Waals surface area contributed by atoms with E-state index in [1.807, 2.05) is 7.05 Å². The van der Waals surface area contributed by atoms with Crippen molar-refractivity contribution in [1.29, 1.82) is 0 Å². The van der Waals surface area contributed by atoms with E-state index in [9.17, 15) is 0 Å². The van der Waals surface area contributed by atoms with E-state index in [0.717, 1.165) is 25.9 Å². The second-order valence-electron chi connectivity index (χ2n) is 5.42. The maximum atomic E-state index is 5.53. The van der Waals surface area contributed by atoms with Crippen molar-refractivity contribution in [2.45, 2.75) is 64.5 Å². The van der Waals surface area contributed by atoms with Crippen LogP contribution in [0.3, 0.4) is 0 Å². The van der Waals surface area contributed by atoms with E-state index in [1.54, 1.807) is 0 Å². The summed E-state index contributed by atoms with van der Waals surface area (Å²) in [4.78, 5) is 5.53. The van der Waals surface area contributed by atoms with Gasteiger partial charge >= 0.3 is 0 Å². The second-order valence-corrected chi connectivity index (χ2v) is 5.42. The van der Waals surface area contributed by atoms with Crippen molar-refractivity contribution in [2.75, 3.05) is 20.7 Å². The second kappa shape index (κ2) is 9.34. The Labute approximate surface area is 118 Å². The van der Waals surface area contributed by atoms with Crippen molar-refractivity contribution in [2.24, 2.45) is 0 Å². The van der Waals surface area contributed by atoms with Crippen molar-refractivity contribution in [3.63, 3.8) is 0 Å². The minimum absolute atomic E-state index is 0.505. The van der Waals surface area contributed by atoms with Crippen molar-refractivity contribution in [1.82, 2.24) is 16.1 Å². The molecular formula is C15H31N3O. The molecule has 19 heavy (non-hydrogen) atoms. The Balaban J connectivity index is 2.65. The Morgan fingerprint density at radius 1 is 1.37 bits per heavy atom. The number of hydroxylamine groups is 1. The summed E-state index contributed by atoms with van der Waals surface area (Å²) in [6.07, 6.45) is 6.93. The molecule has 0 aromatic carbocycles. The van der Waals surface area contributed by atoms with Gasteiger partial charge in [-0.2, -0.15) is 0 Å². The number of allylic oxidation sites excluding steroid dienone is 1. The van der Waals surface area contributed by atoms with Crippen LogP contribution >= 0.6 is 0 Å². The van der Waals surface area contributed by atoms with Crippen LogP contribution in [0.5, 0.6) is 0 Å². The zero-order chi connectivity index (χ0) is 14.1. The van der Waals surface area contributed by atoms with Crippen LogP contribution in [-0.2, 0) is 4.84 Å². The van der Waals surface area contributed by atoms with Crippen LogP contribution < -0.4 is 16.1 Å². The van der Waals surface area contributed by atoms with Gasteiger partial charge in [0.15, 0.2) is 0 Å². The van der Waals surface area contributed by atoms with Gasteiger partial charge in [0.25, 0.3) is 0 Å². The molecule has 1 aliphatic carbocycles. The molecule has 0 amide bonds. The lowest BCUT2D eigenvalue weighted by Crippen LogP contribution is -2.35. The fraction of sp³-hybridized carbons (Fsp3) is 0.867. The van der Waals surface area contributed by atoms with Gasteiger partial charge < -0.3 is 10.6 Å². The molecule has 2 atom stereocenters. The lowest BCUT2D eigenvalue weighted by Gasteiger charge is -2.29. The van der Waals surface area contributed by atoms with Crippen LogP contribution in [0.1, 0.15) is 52.4 Å². The molecular weight excluding hydrogens is 238 g/mol. The summed E-state index contributed by atoms with van der Waals surface area (Å²) < 4.78 is 0. The Hall–Kier alpha value is -0.580. The number of rotatable bonds is 9. The lowest BCUT2D eigenvalue weighted by atomic mass is 9.88. The Bertz CT molecular complexity index is 279.